The molecule has 0 radical (unpaired) electrons. The van der Waals surface area contributed by atoms with Gasteiger partial charge in [0.25, 0.3) is 0 Å². The Kier molecular flexibility index (Phi) is 5.11. The van der Waals surface area contributed by atoms with Crippen LogP contribution in [0.5, 0.6) is 0 Å². The number of benzene rings is 1. The second-order valence-corrected chi connectivity index (χ2v) is 6.01. The molecule has 2 N–H and O–H groups in total. The summed E-state index contributed by atoms with van der Waals surface area (Å²) in [7, 11) is 1.98. The highest BCUT2D eigenvalue weighted by Gasteiger charge is 2.28. The van der Waals surface area contributed by atoms with Crippen LogP contribution in [-0.4, -0.2) is 24.5 Å². The third kappa shape index (κ3) is 3.36. The van der Waals surface area contributed by atoms with E-state index in [-0.39, 0.29) is 11.9 Å². The lowest BCUT2D eigenvalue weighted by molar-refractivity contribution is 0.119. The van der Waals surface area contributed by atoms with Gasteiger partial charge in [0, 0.05) is 24.2 Å². The Morgan fingerprint density at radius 2 is 2.10 bits per heavy atom. The van der Waals surface area contributed by atoms with Crippen molar-refractivity contribution in [3.05, 3.63) is 35.4 Å². The molecule has 3 unspecified atom stereocenters. The molecule has 1 aliphatic rings. The largest absolute Gasteiger partial charge is 0.329 e. The molecule has 2 nitrogen and oxygen atoms in total. The summed E-state index contributed by atoms with van der Waals surface area (Å²) in [5.74, 6) is -0.102. The van der Waals surface area contributed by atoms with Crippen LogP contribution in [0, 0.1) is 17.6 Å². The Bertz CT molecular complexity index is 450. The van der Waals surface area contributed by atoms with E-state index in [1.54, 1.807) is 0 Å². The first-order valence-electron chi connectivity index (χ1n) is 7.40. The molecule has 1 aromatic carbocycles. The highest BCUT2D eigenvalue weighted by Crippen LogP contribution is 2.32. The molecule has 0 heterocycles. The number of nitrogens with two attached hydrogens (primary N) is 1. The van der Waals surface area contributed by atoms with Gasteiger partial charge in [0.15, 0.2) is 0 Å². The smallest absolute Gasteiger partial charge is 0.128 e. The molecular weight excluding hydrogens is 258 g/mol. The molecule has 3 atom stereocenters. The summed E-state index contributed by atoms with van der Waals surface area (Å²) < 4.78 is 27.3. The van der Waals surface area contributed by atoms with E-state index in [9.17, 15) is 8.78 Å². The lowest BCUT2D eigenvalue weighted by Gasteiger charge is -2.39. The molecule has 20 heavy (non-hydrogen) atoms. The van der Waals surface area contributed by atoms with Crippen molar-refractivity contribution >= 4 is 0 Å². The van der Waals surface area contributed by atoms with Crippen molar-refractivity contribution in [2.45, 2.75) is 44.7 Å². The normalized spacial score (nSPS) is 24.9. The number of likely N-dealkylation sites (N-methyl/N-ethyl adjacent to an activating group) is 1. The summed E-state index contributed by atoms with van der Waals surface area (Å²) in [6.07, 6.45) is 4.66. The zero-order valence-electron chi connectivity index (χ0n) is 12.3. The monoisotopic (exact) mass is 282 g/mol. The van der Waals surface area contributed by atoms with Crippen molar-refractivity contribution in [2.75, 3.05) is 13.6 Å². The van der Waals surface area contributed by atoms with Crippen molar-refractivity contribution in [3.8, 4) is 0 Å². The van der Waals surface area contributed by atoms with Crippen molar-refractivity contribution < 1.29 is 8.78 Å². The molecule has 1 fully saturated rings. The summed E-state index contributed by atoms with van der Waals surface area (Å²) in [6.45, 7) is 2.54. The molecule has 112 valence electrons. The second-order valence-electron chi connectivity index (χ2n) is 6.01. The zero-order valence-corrected chi connectivity index (χ0v) is 12.3. The maximum absolute atomic E-state index is 14.0. The van der Waals surface area contributed by atoms with Gasteiger partial charge in [-0.25, -0.2) is 8.78 Å². The molecule has 0 bridgehead atoms. The fourth-order valence-electron chi connectivity index (χ4n) is 3.31. The van der Waals surface area contributed by atoms with E-state index in [0.717, 1.165) is 18.9 Å². The van der Waals surface area contributed by atoms with E-state index >= 15 is 0 Å². The van der Waals surface area contributed by atoms with E-state index in [1.165, 1.54) is 25.0 Å². The minimum Gasteiger partial charge on any atom is -0.329 e. The summed E-state index contributed by atoms with van der Waals surface area (Å²) in [4.78, 5) is 2.13. The molecule has 1 aliphatic carbocycles. The summed E-state index contributed by atoms with van der Waals surface area (Å²) >= 11 is 0. The predicted octanol–water partition coefficient (Wildman–Crippen LogP) is 3.48. The second kappa shape index (κ2) is 6.64. The van der Waals surface area contributed by atoms with Crippen LogP contribution in [-0.2, 0) is 0 Å². The quantitative estimate of drug-likeness (QED) is 0.916. The first kappa shape index (κ1) is 15.4. The molecule has 0 amide bonds. The van der Waals surface area contributed by atoms with Gasteiger partial charge < -0.3 is 5.73 Å². The van der Waals surface area contributed by atoms with Gasteiger partial charge in [0.05, 0.1) is 0 Å². The molecular formula is C16H24F2N2. The van der Waals surface area contributed by atoms with Gasteiger partial charge in [-0.15, -0.1) is 0 Å². The molecule has 2 rings (SSSR count). The minimum absolute atomic E-state index is 0.263. The number of rotatable bonds is 4. The Morgan fingerprint density at radius 3 is 2.75 bits per heavy atom. The van der Waals surface area contributed by atoms with Crippen molar-refractivity contribution in [1.29, 1.82) is 0 Å². The van der Waals surface area contributed by atoms with E-state index in [0.29, 0.717) is 24.1 Å². The zero-order chi connectivity index (χ0) is 14.7. The fourth-order valence-corrected chi connectivity index (χ4v) is 3.31. The minimum atomic E-state index is -0.412. The summed E-state index contributed by atoms with van der Waals surface area (Å²) in [5.41, 5.74) is 6.20. The molecule has 0 aliphatic heterocycles. The lowest BCUT2D eigenvalue weighted by Crippen LogP contribution is -2.41. The van der Waals surface area contributed by atoms with Crippen LogP contribution in [0.4, 0.5) is 8.78 Å². The van der Waals surface area contributed by atoms with Crippen LogP contribution in [0.15, 0.2) is 18.2 Å². The van der Waals surface area contributed by atoms with Crippen LogP contribution >= 0.6 is 0 Å². The summed E-state index contributed by atoms with van der Waals surface area (Å²) in [5, 5.41) is 0. The predicted molar refractivity (Wildman–Crippen MR) is 77.3 cm³/mol. The number of hydrogen-bond acceptors (Lipinski definition) is 2. The highest BCUT2D eigenvalue weighted by molar-refractivity contribution is 5.23. The first-order chi connectivity index (χ1) is 9.52. The summed E-state index contributed by atoms with van der Waals surface area (Å²) in [6, 6.07) is 3.74. The average molecular weight is 282 g/mol. The van der Waals surface area contributed by atoms with Crippen LogP contribution < -0.4 is 5.73 Å². The number of hydrogen-bond donors (Lipinski definition) is 1. The average Bonchev–Trinajstić information content (AvgIpc) is 2.43. The fraction of sp³-hybridized carbons (Fsp3) is 0.625. The standard InChI is InChI=1S/C16H24F2N2/c1-11-4-3-5-13(8-11)20(2)16(10-19)14-9-12(17)6-7-15(14)18/h6-7,9,11,13,16H,3-5,8,10,19H2,1-2H3. The molecule has 0 aromatic heterocycles. The number of nitrogens with zero attached hydrogens (tertiary/aromatic N) is 1. The van der Waals surface area contributed by atoms with Gasteiger partial charge in [-0.2, -0.15) is 0 Å². The van der Waals surface area contributed by atoms with Crippen molar-refractivity contribution in [3.63, 3.8) is 0 Å². The van der Waals surface area contributed by atoms with Crippen molar-refractivity contribution in [2.24, 2.45) is 11.7 Å². The van der Waals surface area contributed by atoms with E-state index < -0.39 is 5.82 Å². The van der Waals surface area contributed by atoms with E-state index in [4.69, 9.17) is 5.73 Å². The SMILES string of the molecule is CC1CCCC(N(C)C(CN)c2cc(F)ccc2F)C1. The topological polar surface area (TPSA) is 29.3 Å². The molecule has 0 spiro atoms. The third-order valence-corrected chi connectivity index (χ3v) is 4.52. The molecule has 1 saturated carbocycles. The van der Waals surface area contributed by atoms with Crippen molar-refractivity contribution in [1.82, 2.24) is 4.90 Å². The molecule has 1 aromatic rings. The Labute approximate surface area is 120 Å². The van der Waals surface area contributed by atoms with Gasteiger partial charge in [0.2, 0.25) is 0 Å². The first-order valence-corrected chi connectivity index (χ1v) is 7.40. The maximum Gasteiger partial charge on any atom is 0.128 e. The van der Waals surface area contributed by atoms with E-state index in [2.05, 4.69) is 11.8 Å². The van der Waals surface area contributed by atoms with Gasteiger partial charge in [-0.05, 0) is 44.0 Å². The number of halogens is 2. The Morgan fingerprint density at radius 1 is 1.35 bits per heavy atom. The van der Waals surface area contributed by atoms with Gasteiger partial charge in [-0.1, -0.05) is 19.8 Å². The van der Waals surface area contributed by atoms with Crippen LogP contribution in [0.1, 0.15) is 44.2 Å². The Balaban J connectivity index is 2.20. The molecule has 0 saturated heterocycles. The third-order valence-electron chi connectivity index (χ3n) is 4.52. The van der Waals surface area contributed by atoms with E-state index in [1.807, 2.05) is 7.05 Å². The van der Waals surface area contributed by atoms with Gasteiger partial charge in [0.1, 0.15) is 11.6 Å². The van der Waals surface area contributed by atoms with Gasteiger partial charge in [-0.3, -0.25) is 4.90 Å². The van der Waals surface area contributed by atoms with Gasteiger partial charge >= 0.3 is 0 Å². The maximum atomic E-state index is 14.0. The Hall–Kier alpha value is -1.00. The highest BCUT2D eigenvalue weighted by atomic mass is 19.1. The lowest BCUT2D eigenvalue weighted by atomic mass is 9.85. The van der Waals surface area contributed by atoms with Crippen LogP contribution in [0.3, 0.4) is 0 Å². The van der Waals surface area contributed by atoms with Crippen LogP contribution in [0.25, 0.3) is 0 Å². The molecule has 4 heteroatoms. The van der Waals surface area contributed by atoms with Crippen LogP contribution in [0.2, 0.25) is 0 Å².